The Balaban J connectivity index is 2.21. The highest BCUT2D eigenvalue weighted by Gasteiger charge is 2.15. The third-order valence-electron chi connectivity index (χ3n) is 3.02. The van der Waals surface area contributed by atoms with Crippen LogP contribution in [0.4, 0.5) is 11.9 Å². The first-order valence-corrected chi connectivity index (χ1v) is 6.90. The van der Waals surface area contributed by atoms with Crippen LogP contribution in [0.2, 0.25) is 0 Å². The highest BCUT2D eigenvalue weighted by molar-refractivity contribution is 5.39. The van der Waals surface area contributed by atoms with E-state index in [0.29, 0.717) is 11.9 Å². The number of ether oxygens (including phenoxy) is 1. The molecule has 2 N–H and O–H groups in total. The van der Waals surface area contributed by atoms with E-state index in [2.05, 4.69) is 25.6 Å². The number of nitrogens with zero attached hydrogens (tertiary/aromatic N) is 3. The summed E-state index contributed by atoms with van der Waals surface area (Å²) in [5.41, 5.74) is 1.08. The molecule has 2 heterocycles. The molecule has 2 aromatic rings. The number of nitrogens with one attached hydrogen (secondary N) is 2. The smallest absolute Gasteiger partial charge is 0.322 e. The fourth-order valence-corrected chi connectivity index (χ4v) is 2.10. The van der Waals surface area contributed by atoms with Crippen molar-refractivity contribution in [2.45, 2.75) is 33.7 Å². The zero-order chi connectivity index (χ0) is 15.4. The molecule has 0 aliphatic carbocycles. The Bertz CT molecular complexity index is 611. The molecular formula is C14H21N5O2. The molecule has 0 spiro atoms. The van der Waals surface area contributed by atoms with Crippen LogP contribution in [0.5, 0.6) is 6.01 Å². The predicted octanol–water partition coefficient (Wildman–Crippen LogP) is 2.69. The molecule has 2 aromatic heterocycles. The zero-order valence-corrected chi connectivity index (χ0v) is 13.0. The number of methoxy groups -OCH3 is 1. The Kier molecular flexibility index (Phi) is 4.62. The van der Waals surface area contributed by atoms with Gasteiger partial charge < -0.3 is 19.8 Å². The second-order valence-corrected chi connectivity index (χ2v) is 4.73. The summed E-state index contributed by atoms with van der Waals surface area (Å²) in [6, 6.07) is 2.30. The maximum absolute atomic E-state index is 5.55. The van der Waals surface area contributed by atoms with Crippen molar-refractivity contribution in [3.05, 3.63) is 23.2 Å². The van der Waals surface area contributed by atoms with Crippen LogP contribution in [0.1, 0.15) is 37.0 Å². The van der Waals surface area contributed by atoms with Crippen LogP contribution in [0.3, 0.4) is 0 Å². The highest BCUT2D eigenvalue weighted by atomic mass is 16.5. The molecule has 1 atom stereocenters. The zero-order valence-electron chi connectivity index (χ0n) is 13.0. The average Bonchev–Trinajstić information content (AvgIpc) is 2.78. The van der Waals surface area contributed by atoms with Gasteiger partial charge >= 0.3 is 6.01 Å². The van der Waals surface area contributed by atoms with Crippen molar-refractivity contribution in [1.29, 1.82) is 0 Å². The lowest BCUT2D eigenvalue weighted by molar-refractivity contribution is 0.379. The molecule has 0 aliphatic rings. The maximum atomic E-state index is 5.55. The molecule has 0 aromatic carbocycles. The number of hydrogen-bond donors (Lipinski definition) is 2. The number of hydrogen-bond acceptors (Lipinski definition) is 7. The molecule has 0 aliphatic heterocycles. The van der Waals surface area contributed by atoms with Crippen LogP contribution >= 0.6 is 0 Å². The van der Waals surface area contributed by atoms with E-state index in [0.717, 1.165) is 23.6 Å². The van der Waals surface area contributed by atoms with Gasteiger partial charge in [-0.05, 0) is 33.8 Å². The van der Waals surface area contributed by atoms with Gasteiger partial charge in [-0.2, -0.15) is 15.0 Å². The lowest BCUT2D eigenvalue weighted by Gasteiger charge is -2.14. The van der Waals surface area contributed by atoms with Gasteiger partial charge in [-0.15, -0.1) is 0 Å². The third-order valence-corrected chi connectivity index (χ3v) is 3.02. The van der Waals surface area contributed by atoms with Crippen LogP contribution in [-0.4, -0.2) is 28.6 Å². The summed E-state index contributed by atoms with van der Waals surface area (Å²) in [6.07, 6.45) is 0. The van der Waals surface area contributed by atoms with E-state index >= 15 is 0 Å². The van der Waals surface area contributed by atoms with Crippen molar-refractivity contribution in [2.24, 2.45) is 0 Å². The van der Waals surface area contributed by atoms with Crippen molar-refractivity contribution >= 4 is 11.9 Å². The van der Waals surface area contributed by atoms with E-state index in [-0.39, 0.29) is 12.1 Å². The fourth-order valence-electron chi connectivity index (χ4n) is 2.10. The highest BCUT2D eigenvalue weighted by Crippen LogP contribution is 2.24. The normalized spacial score (nSPS) is 12.0. The van der Waals surface area contributed by atoms with Gasteiger partial charge in [-0.3, -0.25) is 0 Å². The Morgan fingerprint density at radius 2 is 1.95 bits per heavy atom. The quantitative estimate of drug-likeness (QED) is 0.846. The second kappa shape index (κ2) is 6.43. The van der Waals surface area contributed by atoms with Crippen LogP contribution < -0.4 is 15.4 Å². The van der Waals surface area contributed by atoms with Gasteiger partial charge in [0, 0.05) is 12.1 Å². The largest absolute Gasteiger partial charge is 0.467 e. The number of aryl methyl sites for hydroxylation is 2. The number of rotatable bonds is 6. The molecule has 0 amide bonds. The molecule has 0 fully saturated rings. The number of aromatic nitrogens is 3. The standard InChI is InChI=1S/C14H21N5O2/c1-6-15-12-17-13(19-14(18-12)20-5)16-9(3)11-7-8(2)21-10(11)4/h7,9H,6H2,1-5H3,(H2,15,16,17,18,19). The van der Waals surface area contributed by atoms with E-state index in [1.165, 1.54) is 7.11 Å². The van der Waals surface area contributed by atoms with Crippen molar-refractivity contribution in [1.82, 2.24) is 15.0 Å². The molecule has 2 rings (SSSR count). The molecule has 0 saturated heterocycles. The molecular weight excluding hydrogens is 270 g/mol. The van der Waals surface area contributed by atoms with Gasteiger partial charge in [0.2, 0.25) is 11.9 Å². The van der Waals surface area contributed by atoms with Gasteiger partial charge in [0.1, 0.15) is 11.5 Å². The first kappa shape index (κ1) is 15.1. The van der Waals surface area contributed by atoms with Gasteiger partial charge in [-0.25, -0.2) is 0 Å². The first-order chi connectivity index (χ1) is 10.0. The van der Waals surface area contributed by atoms with Crippen molar-refractivity contribution in [3.63, 3.8) is 0 Å². The van der Waals surface area contributed by atoms with Crippen LogP contribution in [0.25, 0.3) is 0 Å². The summed E-state index contributed by atoms with van der Waals surface area (Å²) in [5, 5.41) is 6.29. The summed E-state index contributed by atoms with van der Waals surface area (Å²) in [6.45, 7) is 8.60. The van der Waals surface area contributed by atoms with E-state index in [1.807, 2.05) is 33.8 Å². The summed E-state index contributed by atoms with van der Waals surface area (Å²) < 4.78 is 10.6. The van der Waals surface area contributed by atoms with Crippen molar-refractivity contribution < 1.29 is 9.15 Å². The van der Waals surface area contributed by atoms with E-state index in [4.69, 9.17) is 9.15 Å². The van der Waals surface area contributed by atoms with Gasteiger partial charge in [0.25, 0.3) is 0 Å². The molecule has 114 valence electrons. The lowest BCUT2D eigenvalue weighted by atomic mass is 10.1. The van der Waals surface area contributed by atoms with Crippen LogP contribution in [0, 0.1) is 13.8 Å². The minimum absolute atomic E-state index is 0.0176. The molecule has 21 heavy (non-hydrogen) atoms. The van der Waals surface area contributed by atoms with Gasteiger partial charge in [0.15, 0.2) is 0 Å². The maximum Gasteiger partial charge on any atom is 0.322 e. The monoisotopic (exact) mass is 291 g/mol. The third kappa shape index (κ3) is 3.62. The minimum Gasteiger partial charge on any atom is -0.467 e. The molecule has 0 radical (unpaired) electrons. The Hall–Kier alpha value is -2.31. The Labute approximate surface area is 124 Å². The minimum atomic E-state index is 0.0176. The van der Waals surface area contributed by atoms with E-state index < -0.39 is 0 Å². The van der Waals surface area contributed by atoms with E-state index in [9.17, 15) is 0 Å². The van der Waals surface area contributed by atoms with Gasteiger partial charge in [0.05, 0.1) is 13.2 Å². The van der Waals surface area contributed by atoms with Crippen LogP contribution in [0.15, 0.2) is 10.5 Å². The fraction of sp³-hybridized carbons (Fsp3) is 0.500. The summed E-state index contributed by atoms with van der Waals surface area (Å²) in [4.78, 5) is 12.7. The summed E-state index contributed by atoms with van der Waals surface area (Å²) >= 11 is 0. The van der Waals surface area contributed by atoms with Gasteiger partial charge in [-0.1, -0.05) is 0 Å². The number of furan rings is 1. The SMILES string of the molecule is CCNc1nc(NC(C)c2cc(C)oc2C)nc(OC)n1. The Morgan fingerprint density at radius 3 is 2.52 bits per heavy atom. The summed E-state index contributed by atoms with van der Waals surface area (Å²) in [5.74, 6) is 2.72. The lowest BCUT2D eigenvalue weighted by Crippen LogP contribution is -2.13. The molecule has 1 unspecified atom stereocenters. The average molecular weight is 291 g/mol. The molecule has 7 nitrogen and oxygen atoms in total. The molecule has 7 heteroatoms. The van der Waals surface area contributed by atoms with Crippen molar-refractivity contribution in [2.75, 3.05) is 24.3 Å². The summed E-state index contributed by atoms with van der Waals surface area (Å²) in [7, 11) is 1.53. The first-order valence-electron chi connectivity index (χ1n) is 6.90. The van der Waals surface area contributed by atoms with E-state index in [1.54, 1.807) is 0 Å². The van der Waals surface area contributed by atoms with Crippen molar-refractivity contribution in [3.8, 4) is 6.01 Å². The molecule has 0 bridgehead atoms. The second-order valence-electron chi connectivity index (χ2n) is 4.73. The Morgan fingerprint density at radius 1 is 1.24 bits per heavy atom. The predicted molar refractivity (Wildman–Crippen MR) is 80.8 cm³/mol. The topological polar surface area (TPSA) is 85.1 Å². The molecule has 0 saturated carbocycles. The number of anilines is 2. The van der Waals surface area contributed by atoms with Crippen LogP contribution in [-0.2, 0) is 0 Å².